The number of nitrogens with zero attached hydrogens (tertiary/aromatic N) is 1. The van der Waals surface area contributed by atoms with Gasteiger partial charge in [0.05, 0.1) is 18.6 Å². The Bertz CT molecular complexity index is 1120. The predicted octanol–water partition coefficient (Wildman–Crippen LogP) is 4.26. The van der Waals surface area contributed by atoms with Crippen LogP contribution in [0.4, 0.5) is 5.82 Å². The summed E-state index contributed by atoms with van der Waals surface area (Å²) in [5, 5.41) is 3.85. The third kappa shape index (κ3) is 3.58. The monoisotopic (exact) mass is 423 g/mol. The van der Waals surface area contributed by atoms with Crippen molar-refractivity contribution in [3.8, 4) is 5.75 Å². The van der Waals surface area contributed by atoms with Gasteiger partial charge in [-0.15, -0.1) is 6.58 Å². The predicted molar refractivity (Wildman–Crippen MR) is 119 cm³/mol. The second-order valence-electron chi connectivity index (χ2n) is 8.37. The standard InChI is InChI=1S/C23H25N3O3S/c1-5-10-30-22-25-20-19(21(28)26-22)17(13-8-6-7-9-16(13)29-4)18-14(24-20)11-23(2,3)12-15(18)27/h5-9,17H,1,10-12H2,2-4H3,(H2,24,25,26,28)/t17-/m0/s1. The van der Waals surface area contributed by atoms with Gasteiger partial charge in [0.15, 0.2) is 10.9 Å². The van der Waals surface area contributed by atoms with Gasteiger partial charge in [-0.2, -0.15) is 0 Å². The van der Waals surface area contributed by atoms with Gasteiger partial charge in [-0.1, -0.05) is 49.9 Å². The smallest absolute Gasteiger partial charge is 0.257 e. The van der Waals surface area contributed by atoms with Gasteiger partial charge in [0.2, 0.25) is 0 Å². The Kier molecular flexibility index (Phi) is 5.32. The van der Waals surface area contributed by atoms with Crippen molar-refractivity contribution in [2.45, 2.75) is 37.8 Å². The number of Topliss-reactive ketones (excluding diaryl/α,β-unsaturated/α-hetero) is 1. The van der Waals surface area contributed by atoms with Crippen molar-refractivity contribution in [2.24, 2.45) is 5.41 Å². The molecule has 4 rings (SSSR count). The molecule has 0 saturated carbocycles. The lowest BCUT2D eigenvalue weighted by atomic mass is 9.69. The Labute approximate surface area is 179 Å². The molecule has 156 valence electrons. The number of aromatic nitrogens is 2. The molecule has 1 aliphatic heterocycles. The molecule has 0 amide bonds. The van der Waals surface area contributed by atoms with E-state index >= 15 is 0 Å². The first-order chi connectivity index (χ1) is 14.3. The lowest BCUT2D eigenvalue weighted by molar-refractivity contribution is -0.118. The minimum atomic E-state index is -0.522. The van der Waals surface area contributed by atoms with Crippen LogP contribution < -0.4 is 15.6 Å². The molecule has 0 radical (unpaired) electrons. The topological polar surface area (TPSA) is 84.1 Å². The van der Waals surface area contributed by atoms with Gasteiger partial charge in [-0.05, 0) is 17.9 Å². The second-order valence-corrected chi connectivity index (χ2v) is 9.37. The van der Waals surface area contributed by atoms with Crippen LogP contribution in [0.3, 0.4) is 0 Å². The highest BCUT2D eigenvalue weighted by atomic mass is 32.2. The van der Waals surface area contributed by atoms with E-state index in [-0.39, 0.29) is 16.8 Å². The largest absolute Gasteiger partial charge is 0.496 e. The molecule has 0 bridgehead atoms. The van der Waals surface area contributed by atoms with Crippen LogP contribution >= 0.6 is 11.8 Å². The van der Waals surface area contributed by atoms with Crippen molar-refractivity contribution < 1.29 is 9.53 Å². The van der Waals surface area contributed by atoms with Crippen molar-refractivity contribution in [3.63, 3.8) is 0 Å². The molecule has 0 unspecified atom stereocenters. The summed E-state index contributed by atoms with van der Waals surface area (Å²) >= 11 is 1.41. The number of H-pyrrole nitrogens is 1. The molecule has 30 heavy (non-hydrogen) atoms. The molecule has 1 atom stereocenters. The van der Waals surface area contributed by atoms with E-state index in [1.165, 1.54) is 11.8 Å². The molecule has 1 aromatic carbocycles. The van der Waals surface area contributed by atoms with E-state index in [1.807, 2.05) is 24.3 Å². The number of anilines is 1. The second kappa shape index (κ2) is 7.80. The van der Waals surface area contributed by atoms with Crippen LogP contribution in [-0.4, -0.2) is 28.6 Å². The first kappa shape index (κ1) is 20.5. The molecule has 0 fully saturated rings. The number of carbonyl (C=O) groups is 1. The summed E-state index contributed by atoms with van der Waals surface area (Å²) in [6.45, 7) is 7.89. The summed E-state index contributed by atoms with van der Waals surface area (Å²) in [4.78, 5) is 34.0. The highest BCUT2D eigenvalue weighted by molar-refractivity contribution is 7.99. The fraction of sp³-hybridized carbons (Fsp3) is 0.348. The summed E-state index contributed by atoms with van der Waals surface area (Å²) < 4.78 is 5.58. The van der Waals surface area contributed by atoms with Crippen LogP contribution in [0.15, 0.2) is 58.1 Å². The number of nitrogens with one attached hydrogen (secondary N) is 2. The third-order valence-corrected chi connectivity index (χ3v) is 6.36. The van der Waals surface area contributed by atoms with Gasteiger partial charge < -0.3 is 15.0 Å². The van der Waals surface area contributed by atoms with Crippen molar-refractivity contribution in [2.75, 3.05) is 18.2 Å². The number of ether oxygens (including phenoxy) is 1. The average molecular weight is 424 g/mol. The zero-order chi connectivity index (χ0) is 21.5. The lowest BCUT2D eigenvalue weighted by Gasteiger charge is -2.38. The van der Waals surface area contributed by atoms with Gasteiger partial charge in [-0.25, -0.2) is 4.98 Å². The molecule has 2 aliphatic rings. The molecule has 2 heterocycles. The maximum absolute atomic E-state index is 13.3. The number of carbonyl (C=O) groups excluding carboxylic acids is 1. The van der Waals surface area contributed by atoms with Crippen molar-refractivity contribution in [3.05, 3.63) is 69.7 Å². The van der Waals surface area contributed by atoms with E-state index in [1.54, 1.807) is 13.2 Å². The van der Waals surface area contributed by atoms with E-state index in [9.17, 15) is 9.59 Å². The molecule has 2 N–H and O–H groups in total. The third-order valence-electron chi connectivity index (χ3n) is 5.49. The number of rotatable bonds is 5. The van der Waals surface area contributed by atoms with Crippen LogP contribution in [0.1, 0.15) is 43.7 Å². The van der Waals surface area contributed by atoms with Crippen molar-refractivity contribution >= 4 is 23.4 Å². The van der Waals surface area contributed by atoms with Crippen LogP contribution in [0.25, 0.3) is 0 Å². The Morgan fingerprint density at radius 2 is 2.07 bits per heavy atom. The minimum Gasteiger partial charge on any atom is -0.496 e. The first-order valence-electron chi connectivity index (χ1n) is 9.88. The normalized spacial score (nSPS) is 19.6. The molecule has 7 heteroatoms. The van der Waals surface area contributed by atoms with Crippen molar-refractivity contribution in [1.29, 1.82) is 0 Å². The van der Waals surface area contributed by atoms with Crippen LogP contribution in [0.2, 0.25) is 0 Å². The number of benzene rings is 1. The number of ketones is 1. The number of allylic oxidation sites excluding steroid dienone is 2. The molecular formula is C23H25N3O3S. The van der Waals surface area contributed by atoms with E-state index in [0.29, 0.717) is 46.5 Å². The number of para-hydroxylation sites is 1. The van der Waals surface area contributed by atoms with E-state index in [0.717, 1.165) is 11.3 Å². The number of thioether (sulfide) groups is 1. The average Bonchev–Trinajstić information content (AvgIpc) is 2.69. The van der Waals surface area contributed by atoms with Crippen LogP contribution in [-0.2, 0) is 4.79 Å². The Morgan fingerprint density at radius 1 is 1.30 bits per heavy atom. The minimum absolute atomic E-state index is 0.0554. The van der Waals surface area contributed by atoms with E-state index < -0.39 is 5.92 Å². The van der Waals surface area contributed by atoms with Crippen LogP contribution in [0.5, 0.6) is 5.75 Å². The van der Waals surface area contributed by atoms with Gasteiger partial charge in [0.25, 0.3) is 5.56 Å². The summed E-state index contributed by atoms with van der Waals surface area (Å²) in [5.41, 5.74) is 2.32. The lowest BCUT2D eigenvalue weighted by Crippen LogP contribution is -2.37. The quantitative estimate of drug-likeness (QED) is 0.425. The number of aromatic amines is 1. The SMILES string of the molecule is C=CCSc1nc2c(c(=O)[nH]1)[C@@H](c1ccccc1OC)C1=C(CC(C)(C)CC1=O)N2. The maximum atomic E-state index is 13.3. The van der Waals surface area contributed by atoms with E-state index in [2.05, 4.69) is 35.7 Å². The molecule has 1 aliphatic carbocycles. The van der Waals surface area contributed by atoms with Crippen LogP contribution in [0, 0.1) is 5.41 Å². The molecule has 2 aromatic rings. The highest BCUT2D eigenvalue weighted by Gasteiger charge is 2.43. The maximum Gasteiger partial charge on any atom is 0.257 e. The number of methoxy groups -OCH3 is 1. The van der Waals surface area contributed by atoms with Gasteiger partial charge in [0.1, 0.15) is 11.6 Å². The Hall–Kier alpha value is -2.80. The number of hydrogen-bond acceptors (Lipinski definition) is 6. The number of fused-ring (bicyclic) bond motifs is 1. The highest BCUT2D eigenvalue weighted by Crippen LogP contribution is 2.49. The molecule has 0 spiro atoms. The summed E-state index contributed by atoms with van der Waals surface area (Å²) in [5.74, 6) is 1.32. The molecule has 0 saturated heterocycles. The van der Waals surface area contributed by atoms with Gasteiger partial charge in [0, 0.05) is 29.0 Å². The van der Waals surface area contributed by atoms with Crippen molar-refractivity contribution in [1.82, 2.24) is 9.97 Å². The summed E-state index contributed by atoms with van der Waals surface area (Å²) in [6, 6.07) is 7.54. The zero-order valence-electron chi connectivity index (χ0n) is 17.4. The van der Waals surface area contributed by atoms with Gasteiger partial charge >= 0.3 is 0 Å². The molecular weight excluding hydrogens is 398 g/mol. The molecule has 6 nitrogen and oxygen atoms in total. The van der Waals surface area contributed by atoms with Gasteiger partial charge in [-0.3, -0.25) is 9.59 Å². The zero-order valence-corrected chi connectivity index (χ0v) is 18.2. The fourth-order valence-corrected chi connectivity index (χ4v) is 4.91. The Balaban J connectivity index is 1.96. The Morgan fingerprint density at radius 3 is 2.80 bits per heavy atom. The first-order valence-corrected chi connectivity index (χ1v) is 10.9. The van der Waals surface area contributed by atoms with E-state index in [4.69, 9.17) is 4.74 Å². The summed E-state index contributed by atoms with van der Waals surface area (Å²) in [7, 11) is 1.60. The fourth-order valence-electron chi connectivity index (χ4n) is 4.32. The number of hydrogen-bond donors (Lipinski definition) is 2. The molecule has 1 aromatic heterocycles. The summed E-state index contributed by atoms with van der Waals surface area (Å²) in [6.07, 6.45) is 2.91.